The summed E-state index contributed by atoms with van der Waals surface area (Å²) in [6, 6.07) is 5.94. The average molecular weight is 295 g/mol. The summed E-state index contributed by atoms with van der Waals surface area (Å²) in [5, 5.41) is 13.0. The van der Waals surface area contributed by atoms with Crippen LogP contribution in [0.25, 0.3) is 0 Å². The van der Waals surface area contributed by atoms with Gasteiger partial charge in [-0.25, -0.2) is 0 Å². The van der Waals surface area contributed by atoms with Gasteiger partial charge in [0.1, 0.15) is 6.10 Å². The molecule has 0 spiro atoms. The van der Waals surface area contributed by atoms with E-state index in [9.17, 15) is 5.11 Å². The van der Waals surface area contributed by atoms with Gasteiger partial charge in [-0.15, -0.1) is 0 Å². The molecule has 0 radical (unpaired) electrons. The number of benzene rings is 1. The molecule has 0 aromatic heterocycles. The molecule has 1 aromatic carbocycles. The Balaban J connectivity index is 2.76. The molecule has 21 heavy (non-hydrogen) atoms. The van der Waals surface area contributed by atoms with Gasteiger partial charge in [0.2, 0.25) is 0 Å². The minimum absolute atomic E-state index is 0.269. The predicted octanol–water partition coefficient (Wildman–Crippen LogP) is 2.98. The van der Waals surface area contributed by atoms with Gasteiger partial charge in [-0.3, -0.25) is 0 Å². The molecular weight excluding hydrogens is 266 g/mol. The molecule has 0 amide bonds. The molecule has 0 saturated carbocycles. The van der Waals surface area contributed by atoms with Crippen molar-refractivity contribution in [2.75, 3.05) is 13.2 Å². The summed E-state index contributed by atoms with van der Waals surface area (Å²) >= 11 is 0. The Labute approximate surface area is 128 Å². The molecule has 0 fully saturated rings. The van der Waals surface area contributed by atoms with E-state index in [-0.39, 0.29) is 6.10 Å². The van der Waals surface area contributed by atoms with Crippen LogP contribution in [-0.2, 0) is 6.54 Å². The third-order valence-corrected chi connectivity index (χ3v) is 3.18. The number of hydrogen-bond acceptors (Lipinski definition) is 4. The molecule has 0 aliphatic carbocycles. The van der Waals surface area contributed by atoms with Crippen molar-refractivity contribution in [3.63, 3.8) is 0 Å². The molecule has 0 bridgehead atoms. The average Bonchev–Trinajstić information content (AvgIpc) is 2.41. The molecule has 0 saturated heterocycles. The lowest BCUT2D eigenvalue weighted by Crippen LogP contribution is -2.25. The summed E-state index contributed by atoms with van der Waals surface area (Å²) in [6.07, 6.45) is -0.791. The summed E-state index contributed by atoms with van der Waals surface area (Å²) in [5.41, 5.74) is 1.16. The van der Waals surface area contributed by atoms with E-state index in [0.29, 0.717) is 18.3 Å². The third kappa shape index (κ3) is 6.36. The first kappa shape index (κ1) is 17.8. The van der Waals surface area contributed by atoms with Crippen molar-refractivity contribution in [3.8, 4) is 11.5 Å². The topological polar surface area (TPSA) is 50.7 Å². The quantitative estimate of drug-likeness (QED) is 0.735. The maximum atomic E-state index is 9.55. The molecular formula is C17H29NO3. The second-order valence-electron chi connectivity index (χ2n) is 5.80. The fourth-order valence-corrected chi connectivity index (χ4v) is 1.83. The molecule has 2 atom stereocenters. The van der Waals surface area contributed by atoms with Crippen molar-refractivity contribution in [2.24, 2.45) is 5.92 Å². The first-order valence-corrected chi connectivity index (χ1v) is 7.75. The normalized spacial score (nSPS) is 14.0. The van der Waals surface area contributed by atoms with Crippen molar-refractivity contribution >= 4 is 0 Å². The summed E-state index contributed by atoms with van der Waals surface area (Å²) in [7, 11) is 0. The lowest BCUT2D eigenvalue weighted by molar-refractivity contribution is 0.0582. The standard InChI is InChI=1S/C17H29NO3/c1-6-20-17-9-15(11-18-10-12(2)3)7-8-16(17)21-14(5)13(4)19/h7-9,12-14,18-19H,6,10-11H2,1-5H3. The Morgan fingerprint density at radius 1 is 1.14 bits per heavy atom. The maximum Gasteiger partial charge on any atom is 0.161 e. The number of nitrogens with one attached hydrogen (secondary N) is 1. The molecule has 1 aromatic rings. The van der Waals surface area contributed by atoms with Gasteiger partial charge in [-0.05, 0) is 50.9 Å². The van der Waals surface area contributed by atoms with E-state index in [0.717, 1.165) is 24.4 Å². The van der Waals surface area contributed by atoms with Gasteiger partial charge in [-0.1, -0.05) is 19.9 Å². The highest BCUT2D eigenvalue weighted by molar-refractivity contribution is 5.43. The molecule has 4 heteroatoms. The summed E-state index contributed by atoms with van der Waals surface area (Å²) in [5.74, 6) is 2.04. The van der Waals surface area contributed by atoms with Crippen LogP contribution in [0.4, 0.5) is 0 Å². The number of rotatable bonds is 9. The number of hydrogen-bond donors (Lipinski definition) is 2. The Morgan fingerprint density at radius 3 is 2.43 bits per heavy atom. The Bertz CT molecular complexity index is 418. The van der Waals surface area contributed by atoms with E-state index in [1.165, 1.54) is 0 Å². The van der Waals surface area contributed by atoms with Gasteiger partial charge in [0.05, 0.1) is 12.7 Å². The molecule has 0 aliphatic rings. The number of aliphatic hydroxyl groups excluding tert-OH is 1. The second kappa shape index (κ2) is 8.90. The first-order valence-electron chi connectivity index (χ1n) is 7.75. The van der Waals surface area contributed by atoms with Crippen molar-refractivity contribution in [3.05, 3.63) is 23.8 Å². The van der Waals surface area contributed by atoms with E-state index in [2.05, 4.69) is 19.2 Å². The highest BCUT2D eigenvalue weighted by Gasteiger charge is 2.14. The van der Waals surface area contributed by atoms with Crippen LogP contribution in [0.3, 0.4) is 0 Å². The molecule has 2 unspecified atom stereocenters. The lowest BCUT2D eigenvalue weighted by Gasteiger charge is -2.20. The van der Waals surface area contributed by atoms with E-state index < -0.39 is 6.10 Å². The van der Waals surface area contributed by atoms with E-state index in [1.807, 2.05) is 32.0 Å². The van der Waals surface area contributed by atoms with Gasteiger partial charge in [0.25, 0.3) is 0 Å². The minimum atomic E-state index is -0.521. The third-order valence-electron chi connectivity index (χ3n) is 3.18. The minimum Gasteiger partial charge on any atom is -0.490 e. The van der Waals surface area contributed by atoms with Crippen LogP contribution in [0.15, 0.2) is 18.2 Å². The van der Waals surface area contributed by atoms with Crippen LogP contribution >= 0.6 is 0 Å². The molecule has 0 heterocycles. The smallest absolute Gasteiger partial charge is 0.161 e. The zero-order valence-corrected chi connectivity index (χ0v) is 13.8. The summed E-state index contributed by atoms with van der Waals surface area (Å²) < 4.78 is 11.4. The van der Waals surface area contributed by atoms with Gasteiger partial charge in [-0.2, -0.15) is 0 Å². The van der Waals surface area contributed by atoms with Gasteiger partial charge in [0, 0.05) is 6.54 Å². The van der Waals surface area contributed by atoms with Crippen LogP contribution in [0.1, 0.15) is 40.2 Å². The Morgan fingerprint density at radius 2 is 1.86 bits per heavy atom. The Hall–Kier alpha value is -1.26. The summed E-state index contributed by atoms with van der Waals surface area (Å²) in [4.78, 5) is 0. The maximum absolute atomic E-state index is 9.55. The predicted molar refractivity (Wildman–Crippen MR) is 85.9 cm³/mol. The van der Waals surface area contributed by atoms with E-state index in [4.69, 9.17) is 9.47 Å². The molecule has 120 valence electrons. The molecule has 1 rings (SSSR count). The van der Waals surface area contributed by atoms with Crippen molar-refractivity contribution < 1.29 is 14.6 Å². The SMILES string of the molecule is CCOc1cc(CNCC(C)C)ccc1OC(C)C(C)O. The zero-order chi connectivity index (χ0) is 15.8. The molecule has 0 aliphatic heterocycles. The fourth-order valence-electron chi connectivity index (χ4n) is 1.83. The van der Waals surface area contributed by atoms with Crippen LogP contribution in [0.5, 0.6) is 11.5 Å². The van der Waals surface area contributed by atoms with Crippen molar-refractivity contribution in [2.45, 2.75) is 53.4 Å². The first-order chi connectivity index (χ1) is 9.93. The van der Waals surface area contributed by atoms with Crippen LogP contribution < -0.4 is 14.8 Å². The zero-order valence-electron chi connectivity index (χ0n) is 13.8. The van der Waals surface area contributed by atoms with Gasteiger partial charge >= 0.3 is 0 Å². The fraction of sp³-hybridized carbons (Fsp3) is 0.647. The second-order valence-corrected chi connectivity index (χ2v) is 5.80. The lowest BCUT2D eigenvalue weighted by atomic mass is 10.1. The van der Waals surface area contributed by atoms with Gasteiger partial charge < -0.3 is 19.9 Å². The van der Waals surface area contributed by atoms with E-state index >= 15 is 0 Å². The van der Waals surface area contributed by atoms with Crippen molar-refractivity contribution in [1.82, 2.24) is 5.32 Å². The van der Waals surface area contributed by atoms with Crippen LogP contribution in [-0.4, -0.2) is 30.5 Å². The largest absolute Gasteiger partial charge is 0.490 e. The highest BCUT2D eigenvalue weighted by atomic mass is 16.5. The monoisotopic (exact) mass is 295 g/mol. The number of aliphatic hydroxyl groups is 1. The van der Waals surface area contributed by atoms with E-state index in [1.54, 1.807) is 6.92 Å². The molecule has 2 N–H and O–H groups in total. The van der Waals surface area contributed by atoms with Gasteiger partial charge in [0.15, 0.2) is 11.5 Å². The number of ether oxygens (including phenoxy) is 2. The van der Waals surface area contributed by atoms with Crippen LogP contribution in [0, 0.1) is 5.92 Å². The van der Waals surface area contributed by atoms with Crippen LogP contribution in [0.2, 0.25) is 0 Å². The molecule has 4 nitrogen and oxygen atoms in total. The highest BCUT2D eigenvalue weighted by Crippen LogP contribution is 2.29. The van der Waals surface area contributed by atoms with Crippen molar-refractivity contribution in [1.29, 1.82) is 0 Å². The summed E-state index contributed by atoms with van der Waals surface area (Å²) in [6.45, 7) is 12.3. The Kier molecular flexibility index (Phi) is 7.54.